The van der Waals surface area contributed by atoms with Crippen molar-refractivity contribution in [3.63, 3.8) is 0 Å². The summed E-state index contributed by atoms with van der Waals surface area (Å²) < 4.78 is 21.7. The highest BCUT2D eigenvalue weighted by Crippen LogP contribution is 2.62. The van der Waals surface area contributed by atoms with E-state index in [1.165, 1.54) is 18.5 Å². The molecule has 2 aliphatic carbocycles. The van der Waals surface area contributed by atoms with Crippen molar-refractivity contribution in [1.82, 2.24) is 24.7 Å². The smallest absolute Gasteiger partial charge is 0.228 e. The molecule has 8 nitrogen and oxygen atoms in total. The lowest BCUT2D eigenvalue weighted by molar-refractivity contribution is -0.121. The van der Waals surface area contributed by atoms with E-state index in [9.17, 15) is 9.18 Å². The molecular weight excluding hydrogens is 447 g/mol. The Kier molecular flexibility index (Phi) is 5.39. The van der Waals surface area contributed by atoms with Gasteiger partial charge < -0.3 is 10.1 Å². The van der Waals surface area contributed by atoms with Gasteiger partial charge in [-0.25, -0.2) is 19.0 Å². The van der Waals surface area contributed by atoms with E-state index >= 15 is 0 Å². The number of ether oxygens (including phenoxy) is 1. The second-order valence-electron chi connectivity index (χ2n) is 9.33. The van der Waals surface area contributed by atoms with Crippen LogP contribution in [0.15, 0.2) is 61.4 Å². The Morgan fingerprint density at radius 2 is 2.06 bits per heavy atom. The minimum Gasteiger partial charge on any atom is -0.490 e. The number of benzene rings is 1. The minimum absolute atomic E-state index is 0.0148. The third-order valence-electron chi connectivity index (χ3n) is 7.35. The Balaban J connectivity index is 1.07. The quantitative estimate of drug-likeness (QED) is 0.428. The Morgan fingerprint density at radius 3 is 2.77 bits per heavy atom. The maximum Gasteiger partial charge on any atom is 0.228 e. The van der Waals surface area contributed by atoms with E-state index < -0.39 is 0 Å². The Hall–Kier alpha value is -3.88. The number of nitrogens with zero attached hydrogens (tertiary/aromatic N) is 5. The molecule has 178 valence electrons. The molecule has 9 heteroatoms. The highest BCUT2D eigenvalue weighted by molar-refractivity contribution is 5.92. The molecule has 3 heterocycles. The monoisotopic (exact) mass is 472 g/mol. The van der Waals surface area contributed by atoms with Crippen LogP contribution >= 0.6 is 0 Å². The van der Waals surface area contributed by atoms with Gasteiger partial charge in [-0.3, -0.25) is 9.78 Å². The number of amides is 1. The molecule has 1 aromatic carbocycles. The van der Waals surface area contributed by atoms with Crippen molar-refractivity contribution in [2.75, 3.05) is 5.32 Å². The summed E-state index contributed by atoms with van der Waals surface area (Å²) in [5, 5.41) is 7.76. The highest BCUT2D eigenvalue weighted by Gasteiger charge is 2.60. The molecular formula is C26H25FN6O2. The van der Waals surface area contributed by atoms with Crippen LogP contribution in [0, 0.1) is 29.5 Å². The fourth-order valence-corrected chi connectivity index (χ4v) is 5.70. The minimum atomic E-state index is -0.302. The van der Waals surface area contributed by atoms with Gasteiger partial charge in [0.05, 0.1) is 23.5 Å². The number of fused-ring (bicyclic) bond motifs is 2. The lowest BCUT2D eigenvalue weighted by Gasteiger charge is -2.21. The molecule has 2 saturated carbocycles. The van der Waals surface area contributed by atoms with Crippen molar-refractivity contribution in [3.8, 4) is 11.4 Å². The molecule has 1 amide bonds. The predicted molar refractivity (Wildman–Crippen MR) is 127 cm³/mol. The summed E-state index contributed by atoms with van der Waals surface area (Å²) in [5.41, 5.74) is 1.50. The van der Waals surface area contributed by atoms with Crippen LogP contribution in [0.4, 0.5) is 10.2 Å². The first-order valence-electron chi connectivity index (χ1n) is 11.9. The maximum absolute atomic E-state index is 13.8. The zero-order chi connectivity index (χ0) is 23.9. The number of aromatic nitrogens is 5. The van der Waals surface area contributed by atoms with Gasteiger partial charge in [-0.1, -0.05) is 6.92 Å². The summed E-state index contributed by atoms with van der Waals surface area (Å²) in [5.74, 6) is 2.17. The van der Waals surface area contributed by atoms with Crippen molar-refractivity contribution in [2.24, 2.45) is 23.7 Å². The largest absolute Gasteiger partial charge is 0.490 e. The highest BCUT2D eigenvalue weighted by atomic mass is 19.1. The van der Waals surface area contributed by atoms with Gasteiger partial charge in [0.1, 0.15) is 30.0 Å². The van der Waals surface area contributed by atoms with Gasteiger partial charge >= 0.3 is 0 Å². The van der Waals surface area contributed by atoms with Crippen molar-refractivity contribution in [1.29, 1.82) is 0 Å². The molecule has 3 aromatic heterocycles. The van der Waals surface area contributed by atoms with Crippen molar-refractivity contribution < 1.29 is 13.9 Å². The number of halogens is 1. The van der Waals surface area contributed by atoms with Gasteiger partial charge in [-0.05, 0) is 73.4 Å². The molecule has 0 bridgehead atoms. The van der Waals surface area contributed by atoms with E-state index in [0.29, 0.717) is 34.7 Å². The second-order valence-corrected chi connectivity index (χ2v) is 9.33. The van der Waals surface area contributed by atoms with Crippen LogP contribution in [0.3, 0.4) is 0 Å². The molecule has 6 rings (SSSR count). The summed E-state index contributed by atoms with van der Waals surface area (Å²) in [6.45, 7) is 2.06. The zero-order valence-electron chi connectivity index (χ0n) is 19.2. The molecule has 0 aliphatic heterocycles. The average Bonchev–Trinajstić information content (AvgIpc) is 3.25. The number of rotatable bonds is 7. The maximum atomic E-state index is 13.8. The van der Waals surface area contributed by atoms with Gasteiger partial charge in [0.2, 0.25) is 5.91 Å². The Morgan fingerprint density at radius 1 is 1.20 bits per heavy atom. The molecule has 5 atom stereocenters. The van der Waals surface area contributed by atoms with Gasteiger partial charge in [0.15, 0.2) is 0 Å². The van der Waals surface area contributed by atoms with Crippen LogP contribution in [-0.4, -0.2) is 36.7 Å². The topological polar surface area (TPSA) is 94.8 Å². The van der Waals surface area contributed by atoms with Crippen LogP contribution in [0.5, 0.6) is 5.75 Å². The van der Waals surface area contributed by atoms with Crippen LogP contribution in [0.1, 0.15) is 26.2 Å². The molecule has 0 saturated heterocycles. The summed E-state index contributed by atoms with van der Waals surface area (Å²) in [6, 6.07) is 9.97. The molecule has 0 spiro atoms. The van der Waals surface area contributed by atoms with Crippen molar-refractivity contribution >= 4 is 22.6 Å². The molecule has 1 N–H and O–H groups in total. The van der Waals surface area contributed by atoms with Gasteiger partial charge in [0, 0.05) is 17.5 Å². The molecule has 0 radical (unpaired) electrons. The fourth-order valence-electron chi connectivity index (χ4n) is 5.70. The number of nitrogens with one attached hydrogen (secondary N) is 1. The molecule has 2 fully saturated rings. The van der Waals surface area contributed by atoms with Gasteiger partial charge in [-0.2, -0.15) is 5.10 Å². The number of anilines is 1. The normalized spacial score (nSPS) is 23.6. The van der Waals surface area contributed by atoms with Gasteiger partial charge in [-0.15, -0.1) is 0 Å². The Labute approximate surface area is 201 Å². The van der Waals surface area contributed by atoms with Crippen LogP contribution in [-0.2, 0) is 4.79 Å². The molecule has 2 aliphatic rings. The van der Waals surface area contributed by atoms with E-state index in [1.54, 1.807) is 41.6 Å². The lowest BCUT2D eigenvalue weighted by atomic mass is 9.93. The number of pyridine rings is 2. The summed E-state index contributed by atoms with van der Waals surface area (Å²) in [4.78, 5) is 25.7. The van der Waals surface area contributed by atoms with E-state index in [-0.39, 0.29) is 23.7 Å². The van der Waals surface area contributed by atoms with Crippen LogP contribution in [0.25, 0.3) is 16.6 Å². The SMILES string of the molecule is CCC(C(=O)Nc1ccc(-n2cncn2)cn1)[C@H]1[C@@H]2C[C@@H](Oc3ccnc4ccc(F)cc34)C[C@@H]21. The first-order chi connectivity index (χ1) is 17.1. The lowest BCUT2D eigenvalue weighted by Crippen LogP contribution is -2.27. The second kappa shape index (κ2) is 8.72. The van der Waals surface area contributed by atoms with E-state index in [4.69, 9.17) is 4.74 Å². The van der Waals surface area contributed by atoms with E-state index in [0.717, 1.165) is 30.5 Å². The van der Waals surface area contributed by atoms with Crippen LogP contribution in [0.2, 0.25) is 0 Å². The summed E-state index contributed by atoms with van der Waals surface area (Å²) in [6.07, 6.45) is 9.07. The molecule has 1 unspecified atom stereocenters. The predicted octanol–water partition coefficient (Wildman–Crippen LogP) is 4.42. The fraction of sp³-hybridized carbons (Fsp3) is 0.346. The number of hydrogen-bond acceptors (Lipinski definition) is 6. The third kappa shape index (κ3) is 4.11. The first kappa shape index (κ1) is 21.6. The number of carbonyl (C=O) groups is 1. The van der Waals surface area contributed by atoms with E-state index in [2.05, 4.69) is 32.3 Å². The number of hydrogen-bond donors (Lipinski definition) is 1. The first-order valence-corrected chi connectivity index (χ1v) is 11.9. The average molecular weight is 473 g/mol. The zero-order valence-corrected chi connectivity index (χ0v) is 19.2. The van der Waals surface area contributed by atoms with E-state index in [1.807, 2.05) is 6.07 Å². The molecule has 4 aromatic rings. The summed E-state index contributed by atoms with van der Waals surface area (Å²) in [7, 11) is 0. The molecule has 35 heavy (non-hydrogen) atoms. The standard InChI is InChI=1S/C26H25FN6O2/c1-2-18(26(34)32-24-6-4-16(12-30-24)33-14-28-13-31-33)25-19-10-17(11-20(19)25)35-23-7-8-29-22-5-3-15(27)9-21(22)23/h3-9,12-14,17-20,25H,2,10-11H2,1H3,(H,30,32,34)/t17-,18?,19-,20+,25+. The number of carbonyl (C=O) groups excluding carboxylic acids is 1. The van der Waals surface area contributed by atoms with Crippen LogP contribution < -0.4 is 10.1 Å². The summed E-state index contributed by atoms with van der Waals surface area (Å²) >= 11 is 0. The van der Waals surface area contributed by atoms with Gasteiger partial charge in [0.25, 0.3) is 0 Å². The van der Waals surface area contributed by atoms with Crippen molar-refractivity contribution in [3.05, 3.63) is 67.3 Å². The Bertz CT molecular complexity index is 1350. The van der Waals surface area contributed by atoms with Crippen molar-refractivity contribution in [2.45, 2.75) is 32.3 Å². The third-order valence-corrected chi connectivity index (χ3v) is 7.35.